The van der Waals surface area contributed by atoms with Crippen LogP contribution in [0.5, 0.6) is 0 Å². The number of likely N-dealkylation sites (tertiary alicyclic amines) is 1. The van der Waals surface area contributed by atoms with E-state index >= 15 is 0 Å². The average molecular weight is 372 g/mol. The Kier molecular flexibility index (Phi) is 7.02. The number of hydrogen-bond acceptors (Lipinski definition) is 4. The number of hydrogen-bond donors (Lipinski definition) is 1. The predicted octanol–water partition coefficient (Wildman–Crippen LogP) is 3.40. The van der Waals surface area contributed by atoms with Gasteiger partial charge in [-0.2, -0.15) is 5.10 Å². The van der Waals surface area contributed by atoms with Crippen molar-refractivity contribution in [3.8, 4) is 0 Å². The van der Waals surface area contributed by atoms with Crippen LogP contribution in [0.3, 0.4) is 0 Å². The summed E-state index contributed by atoms with van der Waals surface area (Å²) in [6, 6.07) is 0. The SMILES string of the molecule is C=C(C)/C=C(/C1CCCN(C(=O)c2cnn(C)c2C)C1)N(NCC)C(=C)C. The van der Waals surface area contributed by atoms with E-state index in [9.17, 15) is 4.79 Å². The highest BCUT2D eigenvalue weighted by molar-refractivity contribution is 5.95. The number of aryl methyl sites for hydroxylation is 1. The monoisotopic (exact) mass is 371 g/mol. The number of allylic oxidation sites excluding steroid dienone is 3. The molecule has 2 rings (SSSR count). The van der Waals surface area contributed by atoms with Gasteiger partial charge in [0.05, 0.1) is 11.8 Å². The minimum absolute atomic E-state index is 0.0605. The zero-order chi connectivity index (χ0) is 20.1. The van der Waals surface area contributed by atoms with Crippen LogP contribution in [0.25, 0.3) is 0 Å². The minimum atomic E-state index is 0.0605. The Morgan fingerprint density at radius 3 is 2.67 bits per heavy atom. The van der Waals surface area contributed by atoms with Gasteiger partial charge in [0.2, 0.25) is 0 Å². The summed E-state index contributed by atoms with van der Waals surface area (Å²) in [6.45, 7) is 18.4. The smallest absolute Gasteiger partial charge is 0.257 e. The number of aromatic nitrogens is 2. The zero-order valence-corrected chi connectivity index (χ0v) is 17.4. The van der Waals surface area contributed by atoms with Gasteiger partial charge in [-0.15, -0.1) is 0 Å². The van der Waals surface area contributed by atoms with E-state index < -0.39 is 0 Å². The number of nitrogens with zero attached hydrogens (tertiary/aromatic N) is 4. The molecule has 1 N–H and O–H groups in total. The summed E-state index contributed by atoms with van der Waals surface area (Å²) in [5.74, 6) is 0.289. The molecular weight excluding hydrogens is 338 g/mol. The largest absolute Gasteiger partial charge is 0.338 e. The molecular formula is C21H33N5O. The molecule has 0 aromatic carbocycles. The Hall–Kier alpha value is -2.34. The summed E-state index contributed by atoms with van der Waals surface area (Å²) < 4.78 is 1.75. The van der Waals surface area contributed by atoms with Gasteiger partial charge in [0.25, 0.3) is 5.91 Å². The highest BCUT2D eigenvalue weighted by atomic mass is 16.2. The first kappa shape index (κ1) is 21.0. The molecule has 0 saturated carbocycles. The van der Waals surface area contributed by atoms with E-state index in [-0.39, 0.29) is 11.8 Å². The van der Waals surface area contributed by atoms with Gasteiger partial charge in [-0.05, 0) is 39.7 Å². The van der Waals surface area contributed by atoms with Crippen molar-refractivity contribution in [2.24, 2.45) is 13.0 Å². The van der Waals surface area contributed by atoms with Gasteiger partial charge in [-0.1, -0.05) is 25.7 Å². The lowest BCUT2D eigenvalue weighted by Crippen LogP contribution is -2.45. The van der Waals surface area contributed by atoms with Gasteiger partial charge < -0.3 is 4.90 Å². The molecule has 1 unspecified atom stereocenters. The second-order valence-electron chi connectivity index (χ2n) is 7.36. The van der Waals surface area contributed by atoms with Crippen molar-refractivity contribution in [2.45, 2.75) is 40.5 Å². The van der Waals surface area contributed by atoms with Crippen LogP contribution in [0.4, 0.5) is 0 Å². The third-order valence-electron chi connectivity index (χ3n) is 4.94. The van der Waals surface area contributed by atoms with E-state index in [1.807, 2.05) is 37.7 Å². The van der Waals surface area contributed by atoms with Crippen molar-refractivity contribution in [3.05, 3.63) is 53.7 Å². The fourth-order valence-corrected chi connectivity index (χ4v) is 3.50. The highest BCUT2D eigenvalue weighted by Gasteiger charge is 2.30. The van der Waals surface area contributed by atoms with Crippen molar-refractivity contribution < 1.29 is 4.79 Å². The topological polar surface area (TPSA) is 53.4 Å². The van der Waals surface area contributed by atoms with Gasteiger partial charge in [0.1, 0.15) is 0 Å². The number of amides is 1. The fraction of sp³-hybridized carbons (Fsp3) is 0.524. The molecule has 1 aromatic heterocycles. The molecule has 1 atom stereocenters. The first-order valence-electron chi connectivity index (χ1n) is 9.60. The van der Waals surface area contributed by atoms with Crippen molar-refractivity contribution in [2.75, 3.05) is 19.6 Å². The molecule has 1 aromatic rings. The van der Waals surface area contributed by atoms with Crippen molar-refractivity contribution in [1.29, 1.82) is 0 Å². The number of carbonyl (C=O) groups is 1. The third kappa shape index (κ3) is 4.89. The lowest BCUT2D eigenvalue weighted by molar-refractivity contribution is 0.0672. The van der Waals surface area contributed by atoms with E-state index in [1.54, 1.807) is 10.9 Å². The van der Waals surface area contributed by atoms with E-state index in [0.29, 0.717) is 12.1 Å². The molecule has 27 heavy (non-hydrogen) atoms. The first-order chi connectivity index (χ1) is 12.8. The summed E-state index contributed by atoms with van der Waals surface area (Å²) in [6.07, 6.45) is 5.78. The van der Waals surface area contributed by atoms with Crippen LogP contribution in [-0.4, -0.2) is 45.2 Å². The summed E-state index contributed by atoms with van der Waals surface area (Å²) >= 11 is 0. The molecule has 6 heteroatoms. The van der Waals surface area contributed by atoms with Crippen LogP contribution in [0.2, 0.25) is 0 Å². The summed E-state index contributed by atoms with van der Waals surface area (Å²) in [5, 5.41) is 6.26. The second-order valence-corrected chi connectivity index (χ2v) is 7.36. The zero-order valence-electron chi connectivity index (χ0n) is 17.4. The Balaban J connectivity index is 2.27. The molecule has 0 bridgehead atoms. The van der Waals surface area contributed by atoms with E-state index in [2.05, 4.69) is 36.7 Å². The van der Waals surface area contributed by atoms with Gasteiger partial charge >= 0.3 is 0 Å². The molecule has 6 nitrogen and oxygen atoms in total. The van der Waals surface area contributed by atoms with Gasteiger partial charge in [-0.3, -0.25) is 14.5 Å². The molecule has 1 fully saturated rings. The van der Waals surface area contributed by atoms with Gasteiger partial charge in [0.15, 0.2) is 0 Å². The summed E-state index contributed by atoms with van der Waals surface area (Å²) in [4.78, 5) is 15.0. The minimum Gasteiger partial charge on any atom is -0.338 e. The number of hydrazine groups is 1. The maximum absolute atomic E-state index is 13.0. The number of nitrogens with one attached hydrogen (secondary N) is 1. The Bertz CT molecular complexity index is 746. The molecule has 1 aliphatic heterocycles. The van der Waals surface area contributed by atoms with Crippen LogP contribution in [-0.2, 0) is 7.05 Å². The van der Waals surface area contributed by atoms with Crippen molar-refractivity contribution in [1.82, 2.24) is 25.1 Å². The lowest BCUT2D eigenvalue weighted by Gasteiger charge is -2.38. The van der Waals surface area contributed by atoms with E-state index in [1.165, 1.54) is 0 Å². The molecule has 1 saturated heterocycles. The number of piperidine rings is 1. The molecule has 0 radical (unpaired) electrons. The van der Waals surface area contributed by atoms with Crippen LogP contribution in [0.1, 0.15) is 49.7 Å². The summed E-state index contributed by atoms with van der Waals surface area (Å²) in [5.41, 5.74) is 8.00. The second kappa shape index (κ2) is 9.04. The van der Waals surface area contributed by atoms with E-state index in [0.717, 1.165) is 48.6 Å². The van der Waals surface area contributed by atoms with E-state index in [4.69, 9.17) is 0 Å². The maximum atomic E-state index is 13.0. The number of rotatable bonds is 7. The van der Waals surface area contributed by atoms with Gasteiger partial charge in [0, 0.05) is 49.7 Å². The highest BCUT2D eigenvalue weighted by Crippen LogP contribution is 2.29. The van der Waals surface area contributed by atoms with Crippen LogP contribution in [0, 0.1) is 12.8 Å². The lowest BCUT2D eigenvalue weighted by atomic mass is 9.92. The van der Waals surface area contributed by atoms with Crippen LogP contribution < -0.4 is 5.43 Å². The molecule has 0 spiro atoms. The van der Waals surface area contributed by atoms with Crippen molar-refractivity contribution >= 4 is 5.91 Å². The van der Waals surface area contributed by atoms with Crippen molar-refractivity contribution in [3.63, 3.8) is 0 Å². The fourth-order valence-electron chi connectivity index (χ4n) is 3.50. The maximum Gasteiger partial charge on any atom is 0.257 e. The average Bonchev–Trinajstić information content (AvgIpc) is 2.96. The molecule has 1 amide bonds. The predicted molar refractivity (Wildman–Crippen MR) is 110 cm³/mol. The van der Waals surface area contributed by atoms with Crippen LogP contribution >= 0.6 is 0 Å². The third-order valence-corrected chi connectivity index (χ3v) is 4.94. The Morgan fingerprint density at radius 1 is 1.44 bits per heavy atom. The number of carbonyl (C=O) groups excluding carboxylic acids is 1. The van der Waals surface area contributed by atoms with Crippen LogP contribution in [0.15, 0.2) is 42.4 Å². The molecule has 2 heterocycles. The first-order valence-corrected chi connectivity index (χ1v) is 9.60. The standard InChI is InChI=1S/C21H33N5O/c1-8-22-26(16(4)5)20(12-15(2)3)18-10-9-11-25(14-18)21(27)19-13-23-24(7)17(19)6/h12-13,18,22H,2,4,8-11,14H2,1,3,5-7H3/b20-12-. The molecule has 1 aliphatic rings. The normalized spacial score (nSPS) is 17.7. The quantitative estimate of drug-likeness (QED) is 0.590. The molecule has 148 valence electrons. The van der Waals surface area contributed by atoms with Gasteiger partial charge in [-0.25, -0.2) is 5.43 Å². The summed E-state index contributed by atoms with van der Waals surface area (Å²) in [7, 11) is 1.86. The molecule has 0 aliphatic carbocycles. The Labute approximate surface area is 163 Å². The Morgan fingerprint density at radius 2 is 2.15 bits per heavy atom.